The van der Waals surface area contributed by atoms with Crippen LogP contribution >= 0.6 is 11.3 Å². The summed E-state index contributed by atoms with van der Waals surface area (Å²) in [5.41, 5.74) is 1.32. The van der Waals surface area contributed by atoms with E-state index in [1.165, 1.54) is 29.7 Å². The molecule has 0 spiro atoms. The highest BCUT2D eigenvalue weighted by Gasteiger charge is 2.27. The number of hydrogen-bond acceptors (Lipinski definition) is 3. The zero-order valence-corrected chi connectivity index (χ0v) is 14.2. The third-order valence-corrected chi connectivity index (χ3v) is 5.47. The summed E-state index contributed by atoms with van der Waals surface area (Å²) < 4.78 is 0. The van der Waals surface area contributed by atoms with Gasteiger partial charge in [-0.25, -0.2) is 0 Å². The van der Waals surface area contributed by atoms with Crippen LogP contribution in [0.15, 0.2) is 6.07 Å². The van der Waals surface area contributed by atoms with Gasteiger partial charge in [0.2, 0.25) is 0 Å². The summed E-state index contributed by atoms with van der Waals surface area (Å²) in [5, 5.41) is 12.3. The highest BCUT2D eigenvalue weighted by atomic mass is 32.1. The Hall–Kier alpha value is -0.870. The Morgan fingerprint density at radius 1 is 1.33 bits per heavy atom. The van der Waals surface area contributed by atoms with Gasteiger partial charge in [-0.2, -0.15) is 0 Å². The minimum atomic E-state index is -0.0489. The Labute approximate surface area is 131 Å². The number of fused-ring (bicyclic) bond motifs is 1. The Balaban J connectivity index is 2.09. The molecule has 0 saturated carbocycles. The lowest BCUT2D eigenvalue weighted by Gasteiger charge is -2.30. The van der Waals surface area contributed by atoms with Gasteiger partial charge in [0, 0.05) is 17.5 Å². The fourth-order valence-electron chi connectivity index (χ4n) is 2.86. The minimum absolute atomic E-state index is 0.00286. The van der Waals surface area contributed by atoms with Gasteiger partial charge in [-0.3, -0.25) is 4.79 Å². The summed E-state index contributed by atoms with van der Waals surface area (Å²) in [5.74, 6) is 0.0152. The van der Waals surface area contributed by atoms with Gasteiger partial charge >= 0.3 is 0 Å². The first kappa shape index (κ1) is 16.5. The Kier molecular flexibility index (Phi) is 5.44. The SMILES string of the molecule is CC(C)(C)C(CCO)NC(=O)c1cc2c(s1)CCCCC2. The maximum absolute atomic E-state index is 12.5. The van der Waals surface area contributed by atoms with Crippen LogP contribution in [0.2, 0.25) is 0 Å². The number of rotatable bonds is 4. The van der Waals surface area contributed by atoms with Crippen LogP contribution in [-0.4, -0.2) is 23.7 Å². The summed E-state index contributed by atoms with van der Waals surface area (Å²) in [6.45, 7) is 6.38. The molecule has 0 radical (unpaired) electrons. The van der Waals surface area contributed by atoms with E-state index in [9.17, 15) is 9.90 Å². The van der Waals surface area contributed by atoms with E-state index in [2.05, 4.69) is 32.2 Å². The summed E-state index contributed by atoms with van der Waals surface area (Å²) in [4.78, 5) is 14.7. The number of hydrogen-bond donors (Lipinski definition) is 2. The van der Waals surface area contributed by atoms with Crippen molar-refractivity contribution in [1.82, 2.24) is 5.32 Å². The number of carbonyl (C=O) groups excluding carboxylic acids is 1. The van der Waals surface area contributed by atoms with Crippen LogP contribution in [-0.2, 0) is 12.8 Å². The predicted octanol–water partition coefficient (Wildman–Crippen LogP) is 3.54. The quantitative estimate of drug-likeness (QED) is 0.836. The number of aliphatic hydroxyl groups is 1. The first-order valence-electron chi connectivity index (χ1n) is 7.95. The predicted molar refractivity (Wildman–Crippen MR) is 88.0 cm³/mol. The molecule has 118 valence electrons. The lowest BCUT2D eigenvalue weighted by Crippen LogP contribution is -2.44. The third kappa shape index (κ3) is 4.30. The van der Waals surface area contributed by atoms with Crippen molar-refractivity contribution in [2.24, 2.45) is 5.41 Å². The van der Waals surface area contributed by atoms with Gasteiger partial charge in [0.25, 0.3) is 5.91 Å². The van der Waals surface area contributed by atoms with Crippen LogP contribution in [0.5, 0.6) is 0 Å². The van der Waals surface area contributed by atoms with Crippen molar-refractivity contribution in [2.45, 2.75) is 65.3 Å². The first-order chi connectivity index (χ1) is 9.91. The Bertz CT molecular complexity index is 464. The molecule has 1 aliphatic carbocycles. The maximum atomic E-state index is 12.5. The largest absolute Gasteiger partial charge is 0.396 e. The standard InChI is InChI=1S/C17H27NO2S/c1-17(2,3)15(9-10-19)18-16(20)14-11-12-7-5-4-6-8-13(12)21-14/h11,15,19H,4-10H2,1-3H3,(H,18,20). The molecular formula is C17H27NO2S. The molecule has 0 aromatic carbocycles. The lowest BCUT2D eigenvalue weighted by molar-refractivity contribution is 0.0889. The molecule has 3 nitrogen and oxygen atoms in total. The molecule has 0 bridgehead atoms. The van der Waals surface area contributed by atoms with Gasteiger partial charge in [-0.05, 0) is 49.1 Å². The number of carbonyl (C=O) groups is 1. The molecule has 1 aromatic rings. The zero-order valence-electron chi connectivity index (χ0n) is 13.4. The summed E-state index contributed by atoms with van der Waals surface area (Å²) >= 11 is 1.65. The van der Waals surface area contributed by atoms with Gasteiger partial charge in [-0.1, -0.05) is 27.2 Å². The van der Waals surface area contributed by atoms with Gasteiger partial charge in [0.15, 0.2) is 0 Å². The zero-order chi connectivity index (χ0) is 15.5. The van der Waals surface area contributed by atoms with Crippen LogP contribution in [0.3, 0.4) is 0 Å². The lowest BCUT2D eigenvalue weighted by atomic mass is 9.85. The van der Waals surface area contributed by atoms with Crippen LogP contribution in [0.4, 0.5) is 0 Å². The molecule has 2 rings (SSSR count). The topological polar surface area (TPSA) is 49.3 Å². The van der Waals surface area contributed by atoms with Crippen LogP contribution in [0, 0.1) is 5.41 Å². The average molecular weight is 309 g/mol. The van der Waals surface area contributed by atoms with Gasteiger partial charge in [0.1, 0.15) is 0 Å². The number of aliphatic hydroxyl groups excluding tert-OH is 1. The maximum Gasteiger partial charge on any atom is 0.261 e. The Morgan fingerprint density at radius 2 is 2.05 bits per heavy atom. The van der Waals surface area contributed by atoms with Gasteiger partial charge in [0.05, 0.1) is 4.88 Å². The number of aryl methyl sites for hydroxylation is 2. The third-order valence-electron chi connectivity index (χ3n) is 4.24. The monoisotopic (exact) mass is 309 g/mol. The molecule has 0 fully saturated rings. The van der Waals surface area contributed by atoms with Crippen molar-refractivity contribution in [3.05, 3.63) is 21.4 Å². The molecule has 1 aliphatic rings. The molecule has 2 N–H and O–H groups in total. The highest BCUT2D eigenvalue weighted by Crippen LogP contribution is 2.29. The van der Waals surface area contributed by atoms with Crippen LogP contribution in [0.1, 0.15) is 66.6 Å². The van der Waals surface area contributed by atoms with Crippen molar-refractivity contribution >= 4 is 17.2 Å². The second-order valence-electron chi connectivity index (χ2n) is 7.02. The fraction of sp³-hybridized carbons (Fsp3) is 0.706. The molecule has 0 aliphatic heterocycles. The molecule has 4 heteroatoms. The molecule has 1 aromatic heterocycles. The van der Waals surface area contributed by atoms with E-state index in [-0.39, 0.29) is 24.0 Å². The van der Waals surface area contributed by atoms with E-state index in [1.54, 1.807) is 11.3 Å². The van der Waals surface area contributed by atoms with E-state index < -0.39 is 0 Å². The van der Waals surface area contributed by atoms with E-state index in [0.29, 0.717) is 6.42 Å². The molecule has 1 heterocycles. The first-order valence-corrected chi connectivity index (χ1v) is 8.77. The number of nitrogens with one attached hydrogen (secondary N) is 1. The molecule has 1 atom stereocenters. The second kappa shape index (κ2) is 6.93. The normalized spacial score (nSPS) is 17.0. The van der Waals surface area contributed by atoms with Crippen molar-refractivity contribution in [1.29, 1.82) is 0 Å². The molecule has 1 unspecified atom stereocenters. The van der Waals surface area contributed by atoms with Crippen molar-refractivity contribution in [2.75, 3.05) is 6.61 Å². The average Bonchev–Trinajstić information content (AvgIpc) is 2.69. The van der Waals surface area contributed by atoms with Gasteiger partial charge in [-0.15, -0.1) is 11.3 Å². The van der Waals surface area contributed by atoms with E-state index in [1.807, 2.05) is 0 Å². The van der Waals surface area contributed by atoms with E-state index >= 15 is 0 Å². The molecule has 1 amide bonds. The molecular weight excluding hydrogens is 282 g/mol. The smallest absolute Gasteiger partial charge is 0.261 e. The summed E-state index contributed by atoms with van der Waals surface area (Å²) in [6, 6.07) is 2.08. The number of thiophene rings is 1. The molecule has 21 heavy (non-hydrogen) atoms. The van der Waals surface area contributed by atoms with Crippen molar-refractivity contribution < 1.29 is 9.90 Å². The summed E-state index contributed by atoms with van der Waals surface area (Å²) in [7, 11) is 0. The fourth-order valence-corrected chi connectivity index (χ4v) is 4.02. The summed E-state index contributed by atoms with van der Waals surface area (Å²) in [6.07, 6.45) is 6.60. The van der Waals surface area contributed by atoms with Crippen LogP contribution < -0.4 is 5.32 Å². The Morgan fingerprint density at radius 3 is 2.71 bits per heavy atom. The van der Waals surface area contributed by atoms with E-state index in [4.69, 9.17) is 0 Å². The van der Waals surface area contributed by atoms with Crippen LogP contribution in [0.25, 0.3) is 0 Å². The minimum Gasteiger partial charge on any atom is -0.396 e. The van der Waals surface area contributed by atoms with Crippen molar-refractivity contribution in [3.63, 3.8) is 0 Å². The van der Waals surface area contributed by atoms with Crippen molar-refractivity contribution in [3.8, 4) is 0 Å². The highest BCUT2D eigenvalue weighted by molar-refractivity contribution is 7.14. The van der Waals surface area contributed by atoms with E-state index in [0.717, 1.165) is 17.7 Å². The second-order valence-corrected chi connectivity index (χ2v) is 8.16. The van der Waals surface area contributed by atoms with Gasteiger partial charge < -0.3 is 10.4 Å². The number of amides is 1. The molecule has 0 saturated heterocycles.